The first-order chi connectivity index (χ1) is 20.7. The van der Waals surface area contributed by atoms with E-state index in [9.17, 15) is 0 Å². The smallest absolute Gasteiger partial charge is 0.0718 e. The number of rotatable bonds is 18. The molecule has 0 amide bonds. The average Bonchev–Trinajstić information content (AvgIpc) is 3.03. The van der Waals surface area contributed by atoms with Gasteiger partial charge in [0.15, 0.2) is 0 Å². The molecule has 0 radical (unpaired) electrons. The molecule has 0 aliphatic heterocycles. The van der Waals surface area contributed by atoms with E-state index in [1.54, 1.807) is 0 Å². The molecule has 0 aromatic heterocycles. The van der Waals surface area contributed by atoms with Crippen molar-refractivity contribution in [2.45, 2.75) is 77.6 Å². The number of methoxy groups -OCH3 is 3. The van der Waals surface area contributed by atoms with E-state index in [2.05, 4.69) is 91.0 Å². The van der Waals surface area contributed by atoms with Gasteiger partial charge in [-0.15, -0.1) is 0 Å². The van der Waals surface area contributed by atoms with Gasteiger partial charge in [0, 0.05) is 21.3 Å². The van der Waals surface area contributed by atoms with Crippen molar-refractivity contribution >= 4 is 0 Å². The number of ether oxygens (including phenoxy) is 3. The first-order valence-corrected chi connectivity index (χ1v) is 15.5. The van der Waals surface area contributed by atoms with Gasteiger partial charge in [-0.25, -0.2) is 0 Å². The third kappa shape index (κ3) is 9.13. The first-order valence-electron chi connectivity index (χ1n) is 15.5. The Bertz CT molecular complexity index is 1130. The molecule has 4 rings (SSSR count). The maximum atomic E-state index is 5.90. The summed E-state index contributed by atoms with van der Waals surface area (Å²) in [6.07, 6.45) is 9.49. The summed E-state index contributed by atoms with van der Waals surface area (Å²) in [5, 5.41) is 0. The number of aryl methyl sites for hydroxylation is 3. The Hall–Kier alpha value is -3.24. The van der Waals surface area contributed by atoms with Crippen LogP contribution in [0.2, 0.25) is 0 Å². The predicted molar refractivity (Wildman–Crippen MR) is 174 cm³/mol. The lowest BCUT2D eigenvalue weighted by molar-refractivity contribution is 0.171. The predicted octanol–water partition coefficient (Wildman–Crippen LogP) is 8.65. The Kier molecular flexibility index (Phi) is 13.3. The first kappa shape index (κ1) is 31.7. The fourth-order valence-corrected chi connectivity index (χ4v) is 6.30. The highest BCUT2D eigenvalue weighted by molar-refractivity contribution is 5.52. The summed E-state index contributed by atoms with van der Waals surface area (Å²) in [4.78, 5) is 0. The van der Waals surface area contributed by atoms with Crippen molar-refractivity contribution in [1.29, 1.82) is 0 Å². The average molecular weight is 565 g/mol. The Morgan fingerprint density at radius 2 is 0.595 bits per heavy atom. The fourth-order valence-electron chi connectivity index (χ4n) is 6.30. The zero-order valence-corrected chi connectivity index (χ0v) is 25.9. The van der Waals surface area contributed by atoms with Crippen LogP contribution in [-0.2, 0) is 72.6 Å². The number of hydrogen-bond donors (Lipinski definition) is 0. The molecular formula is C39H48O3. The normalized spacial score (nSPS) is 11.2. The third-order valence-corrected chi connectivity index (χ3v) is 8.26. The summed E-state index contributed by atoms with van der Waals surface area (Å²) in [6.45, 7) is 1.83. The molecule has 4 aromatic rings. The summed E-state index contributed by atoms with van der Waals surface area (Å²) < 4.78 is 17.7. The highest BCUT2D eigenvalue weighted by Crippen LogP contribution is 2.34. The van der Waals surface area contributed by atoms with Crippen molar-refractivity contribution in [2.75, 3.05) is 21.3 Å². The Morgan fingerprint density at radius 1 is 0.333 bits per heavy atom. The van der Waals surface area contributed by atoms with Crippen LogP contribution < -0.4 is 0 Å². The van der Waals surface area contributed by atoms with Crippen molar-refractivity contribution in [1.82, 2.24) is 0 Å². The lowest BCUT2D eigenvalue weighted by Gasteiger charge is -2.27. The Labute approximate surface area is 253 Å². The maximum Gasteiger partial charge on any atom is 0.0718 e. The fraction of sp³-hybridized carbons (Fsp3) is 0.385. The highest BCUT2D eigenvalue weighted by atomic mass is 16.5. The van der Waals surface area contributed by atoms with Gasteiger partial charge in [0.05, 0.1) is 19.8 Å². The van der Waals surface area contributed by atoms with Gasteiger partial charge in [0.1, 0.15) is 0 Å². The van der Waals surface area contributed by atoms with E-state index in [0.29, 0.717) is 19.8 Å². The second kappa shape index (κ2) is 17.7. The Balaban J connectivity index is 1.72. The summed E-state index contributed by atoms with van der Waals surface area (Å²) in [5.74, 6) is 0. The molecule has 4 aromatic carbocycles. The molecule has 0 spiro atoms. The maximum absolute atomic E-state index is 5.90. The molecule has 42 heavy (non-hydrogen) atoms. The van der Waals surface area contributed by atoms with Crippen LogP contribution in [-0.4, -0.2) is 21.3 Å². The Morgan fingerprint density at radius 3 is 0.833 bits per heavy atom. The SMILES string of the molecule is COCc1c(CCCc2ccccc2)c(COC)c(CCCc2ccccc2)c(COC)c1CCCc1ccccc1. The summed E-state index contributed by atoms with van der Waals surface area (Å²) in [6, 6.07) is 32.5. The van der Waals surface area contributed by atoms with E-state index >= 15 is 0 Å². The largest absolute Gasteiger partial charge is 0.380 e. The molecule has 0 atom stereocenters. The van der Waals surface area contributed by atoms with Crippen LogP contribution in [0, 0.1) is 0 Å². The van der Waals surface area contributed by atoms with Crippen molar-refractivity contribution in [2.24, 2.45) is 0 Å². The topological polar surface area (TPSA) is 27.7 Å². The van der Waals surface area contributed by atoms with Crippen LogP contribution in [0.3, 0.4) is 0 Å². The molecular weight excluding hydrogens is 516 g/mol. The van der Waals surface area contributed by atoms with E-state index in [1.807, 2.05) is 21.3 Å². The molecule has 3 heteroatoms. The number of hydrogen-bond acceptors (Lipinski definition) is 3. The van der Waals surface area contributed by atoms with Crippen LogP contribution in [0.5, 0.6) is 0 Å². The summed E-state index contributed by atoms with van der Waals surface area (Å²) in [7, 11) is 5.46. The molecule has 0 fully saturated rings. The van der Waals surface area contributed by atoms with Crippen molar-refractivity contribution in [3.63, 3.8) is 0 Å². The van der Waals surface area contributed by atoms with Gasteiger partial charge >= 0.3 is 0 Å². The van der Waals surface area contributed by atoms with E-state index in [1.165, 1.54) is 50.1 Å². The van der Waals surface area contributed by atoms with Crippen LogP contribution in [0.1, 0.15) is 69.3 Å². The summed E-state index contributed by atoms with van der Waals surface area (Å²) >= 11 is 0. The molecule has 3 nitrogen and oxygen atoms in total. The van der Waals surface area contributed by atoms with E-state index in [0.717, 1.165) is 57.8 Å². The van der Waals surface area contributed by atoms with Gasteiger partial charge in [0.2, 0.25) is 0 Å². The van der Waals surface area contributed by atoms with Crippen LogP contribution in [0.15, 0.2) is 91.0 Å². The van der Waals surface area contributed by atoms with Gasteiger partial charge in [-0.2, -0.15) is 0 Å². The standard InChI is InChI=1S/C39H48O3/c1-40-28-37-34(25-13-22-31-16-7-4-8-17-31)38(29-41-2)36(27-15-24-33-20-11-6-12-21-33)39(30-42-3)35(37)26-14-23-32-18-9-5-10-19-32/h4-12,16-21H,13-15,22-30H2,1-3H3. The van der Waals surface area contributed by atoms with Gasteiger partial charge in [-0.3, -0.25) is 0 Å². The van der Waals surface area contributed by atoms with Crippen molar-refractivity contribution in [3.05, 3.63) is 141 Å². The van der Waals surface area contributed by atoms with E-state index < -0.39 is 0 Å². The van der Waals surface area contributed by atoms with Crippen LogP contribution >= 0.6 is 0 Å². The molecule has 0 saturated heterocycles. The van der Waals surface area contributed by atoms with Crippen molar-refractivity contribution in [3.8, 4) is 0 Å². The van der Waals surface area contributed by atoms with Gasteiger partial charge in [-0.05, 0) is 108 Å². The van der Waals surface area contributed by atoms with E-state index in [4.69, 9.17) is 14.2 Å². The van der Waals surface area contributed by atoms with Crippen LogP contribution in [0.25, 0.3) is 0 Å². The molecule has 0 aliphatic rings. The highest BCUT2D eigenvalue weighted by Gasteiger charge is 2.23. The van der Waals surface area contributed by atoms with E-state index in [-0.39, 0.29) is 0 Å². The molecule has 222 valence electrons. The number of benzene rings is 4. The van der Waals surface area contributed by atoms with Gasteiger partial charge in [0.25, 0.3) is 0 Å². The molecule has 0 aliphatic carbocycles. The second-order valence-corrected chi connectivity index (χ2v) is 11.2. The van der Waals surface area contributed by atoms with Gasteiger partial charge < -0.3 is 14.2 Å². The molecule has 0 N–H and O–H groups in total. The summed E-state index contributed by atoms with van der Waals surface area (Å²) in [5.41, 5.74) is 12.5. The minimum absolute atomic E-state index is 0.610. The monoisotopic (exact) mass is 564 g/mol. The molecule has 0 heterocycles. The van der Waals surface area contributed by atoms with Gasteiger partial charge in [-0.1, -0.05) is 91.0 Å². The minimum atomic E-state index is 0.610. The second-order valence-electron chi connectivity index (χ2n) is 11.2. The lowest BCUT2D eigenvalue weighted by Crippen LogP contribution is -2.16. The third-order valence-electron chi connectivity index (χ3n) is 8.26. The zero-order chi connectivity index (χ0) is 29.4. The molecule has 0 saturated carbocycles. The molecule has 0 bridgehead atoms. The lowest BCUT2D eigenvalue weighted by atomic mass is 9.81. The van der Waals surface area contributed by atoms with Crippen molar-refractivity contribution < 1.29 is 14.2 Å². The quantitative estimate of drug-likeness (QED) is 0.121. The zero-order valence-electron chi connectivity index (χ0n) is 25.9. The van der Waals surface area contributed by atoms with Crippen LogP contribution in [0.4, 0.5) is 0 Å². The minimum Gasteiger partial charge on any atom is -0.380 e. The molecule has 0 unspecified atom stereocenters.